The van der Waals surface area contributed by atoms with Crippen LogP contribution in [0, 0.1) is 6.92 Å². The van der Waals surface area contributed by atoms with Gasteiger partial charge in [-0.05, 0) is 49.2 Å². The van der Waals surface area contributed by atoms with E-state index < -0.39 is 5.97 Å². The van der Waals surface area contributed by atoms with Crippen LogP contribution in [0.3, 0.4) is 0 Å². The first-order valence-corrected chi connectivity index (χ1v) is 9.37. The largest absolute Gasteiger partial charge is 0.478 e. The Bertz CT molecular complexity index is 867. The smallest absolute Gasteiger partial charge is 0.335 e. The predicted molar refractivity (Wildman–Crippen MR) is 107 cm³/mol. The van der Waals surface area contributed by atoms with Crippen LogP contribution in [0.4, 0.5) is 11.4 Å². The number of anilines is 2. The van der Waals surface area contributed by atoms with Gasteiger partial charge in [-0.3, -0.25) is 9.59 Å². The van der Waals surface area contributed by atoms with Crippen molar-refractivity contribution in [3.63, 3.8) is 0 Å². The lowest BCUT2D eigenvalue weighted by Gasteiger charge is -2.16. The molecular weight excluding hydrogens is 364 g/mol. The number of rotatable bonds is 7. The van der Waals surface area contributed by atoms with Crippen molar-refractivity contribution in [2.75, 3.05) is 10.6 Å². The lowest BCUT2D eigenvalue weighted by Crippen LogP contribution is -2.25. The molecule has 0 radical (unpaired) electrons. The molecule has 0 heterocycles. The van der Waals surface area contributed by atoms with Crippen molar-refractivity contribution >= 4 is 40.9 Å². The molecular formula is C20H22N2O4S. The van der Waals surface area contributed by atoms with Gasteiger partial charge in [-0.25, -0.2) is 4.79 Å². The van der Waals surface area contributed by atoms with Crippen molar-refractivity contribution in [2.24, 2.45) is 0 Å². The maximum atomic E-state index is 12.7. The van der Waals surface area contributed by atoms with Crippen molar-refractivity contribution in [3.8, 4) is 0 Å². The Hall–Kier alpha value is -2.80. The van der Waals surface area contributed by atoms with Crippen molar-refractivity contribution < 1.29 is 19.5 Å². The molecule has 1 atom stereocenters. The number of nitrogens with one attached hydrogen (secondary N) is 2. The summed E-state index contributed by atoms with van der Waals surface area (Å²) in [6, 6.07) is 11.9. The lowest BCUT2D eigenvalue weighted by atomic mass is 10.1. The van der Waals surface area contributed by atoms with Gasteiger partial charge in [-0.1, -0.05) is 19.1 Å². The number of carboxylic acids is 1. The first kappa shape index (κ1) is 20.5. The maximum Gasteiger partial charge on any atom is 0.335 e. The van der Waals surface area contributed by atoms with E-state index in [1.54, 1.807) is 12.1 Å². The predicted octanol–water partition coefficient (Wildman–Crippen LogP) is 4.16. The second-order valence-electron chi connectivity index (χ2n) is 6.05. The third-order valence-electron chi connectivity index (χ3n) is 3.84. The highest BCUT2D eigenvalue weighted by Crippen LogP contribution is 2.29. The Morgan fingerprint density at radius 2 is 1.85 bits per heavy atom. The number of aromatic carboxylic acids is 1. The Labute approximate surface area is 162 Å². The first-order valence-electron chi connectivity index (χ1n) is 8.49. The number of benzene rings is 2. The van der Waals surface area contributed by atoms with Crippen LogP contribution in [-0.4, -0.2) is 28.1 Å². The lowest BCUT2D eigenvalue weighted by molar-refractivity contribution is -0.116. The zero-order valence-electron chi connectivity index (χ0n) is 15.4. The molecule has 2 rings (SSSR count). The summed E-state index contributed by atoms with van der Waals surface area (Å²) in [6.07, 6.45) is 0.596. The molecule has 2 aromatic rings. The zero-order chi connectivity index (χ0) is 20.0. The van der Waals surface area contributed by atoms with Crippen LogP contribution in [0.2, 0.25) is 0 Å². The molecule has 0 saturated carbocycles. The molecule has 7 heteroatoms. The Balaban J connectivity index is 2.13. The van der Waals surface area contributed by atoms with E-state index in [0.29, 0.717) is 17.8 Å². The fourth-order valence-corrected chi connectivity index (χ4v) is 3.45. The van der Waals surface area contributed by atoms with E-state index in [2.05, 4.69) is 10.6 Å². The summed E-state index contributed by atoms with van der Waals surface area (Å²) in [6.45, 7) is 5.16. The van der Waals surface area contributed by atoms with Gasteiger partial charge in [0.25, 0.3) is 0 Å². The van der Waals surface area contributed by atoms with E-state index in [-0.39, 0.29) is 22.6 Å². The van der Waals surface area contributed by atoms with E-state index in [4.69, 9.17) is 5.11 Å². The van der Waals surface area contributed by atoms with E-state index >= 15 is 0 Å². The molecule has 27 heavy (non-hydrogen) atoms. The minimum absolute atomic E-state index is 0.125. The SMILES string of the molecule is CCC(Sc1cccc(NC(C)=O)c1)C(=O)Nc1cc(C(=O)O)ccc1C. The number of aryl methyl sites for hydroxylation is 1. The average molecular weight is 386 g/mol. The number of hydrogen-bond donors (Lipinski definition) is 3. The molecule has 0 bridgehead atoms. The third kappa shape index (κ3) is 5.86. The summed E-state index contributed by atoms with van der Waals surface area (Å²) < 4.78 is 0. The van der Waals surface area contributed by atoms with Gasteiger partial charge >= 0.3 is 5.97 Å². The van der Waals surface area contributed by atoms with Crippen molar-refractivity contribution in [1.29, 1.82) is 0 Å². The number of carbonyl (C=O) groups excluding carboxylic acids is 2. The quantitative estimate of drug-likeness (QED) is 0.621. The van der Waals surface area contributed by atoms with Gasteiger partial charge in [0, 0.05) is 23.2 Å². The van der Waals surface area contributed by atoms with Crippen molar-refractivity contribution in [2.45, 2.75) is 37.3 Å². The monoisotopic (exact) mass is 386 g/mol. The van der Waals surface area contributed by atoms with Crippen LogP contribution in [0.25, 0.3) is 0 Å². The second-order valence-corrected chi connectivity index (χ2v) is 7.32. The summed E-state index contributed by atoms with van der Waals surface area (Å²) in [4.78, 5) is 35.9. The van der Waals surface area contributed by atoms with E-state index in [1.807, 2.05) is 32.0 Å². The molecule has 142 valence electrons. The van der Waals surface area contributed by atoms with Crippen molar-refractivity contribution in [1.82, 2.24) is 0 Å². The number of hydrogen-bond acceptors (Lipinski definition) is 4. The number of thioether (sulfide) groups is 1. The summed E-state index contributed by atoms with van der Waals surface area (Å²) in [5.41, 5.74) is 2.08. The van der Waals surface area contributed by atoms with Gasteiger partial charge < -0.3 is 15.7 Å². The molecule has 2 aromatic carbocycles. The molecule has 1 unspecified atom stereocenters. The van der Waals surface area contributed by atoms with E-state index in [1.165, 1.54) is 30.8 Å². The van der Waals surface area contributed by atoms with Crippen LogP contribution in [-0.2, 0) is 9.59 Å². The zero-order valence-corrected chi connectivity index (χ0v) is 16.2. The average Bonchev–Trinajstić information content (AvgIpc) is 2.61. The van der Waals surface area contributed by atoms with Gasteiger partial charge in [0.05, 0.1) is 10.8 Å². The molecule has 0 aromatic heterocycles. The molecule has 0 aliphatic heterocycles. The molecule has 6 nitrogen and oxygen atoms in total. The van der Waals surface area contributed by atoms with Crippen LogP contribution in [0.1, 0.15) is 36.2 Å². The molecule has 0 fully saturated rings. The van der Waals surface area contributed by atoms with Gasteiger partial charge in [0.15, 0.2) is 0 Å². The van der Waals surface area contributed by atoms with Crippen molar-refractivity contribution in [3.05, 3.63) is 53.6 Å². The fourth-order valence-electron chi connectivity index (χ4n) is 2.44. The molecule has 0 spiro atoms. The van der Waals surface area contributed by atoms with E-state index in [0.717, 1.165) is 10.5 Å². The molecule has 2 amide bonds. The summed E-state index contributed by atoms with van der Waals surface area (Å²) >= 11 is 1.39. The Morgan fingerprint density at radius 3 is 2.48 bits per heavy atom. The van der Waals surface area contributed by atoms with E-state index in [9.17, 15) is 14.4 Å². The number of carboxylic acid groups (broad SMARTS) is 1. The molecule has 3 N–H and O–H groups in total. The second kappa shape index (κ2) is 9.23. The standard InChI is InChI=1S/C20H22N2O4S/c1-4-18(27-16-7-5-6-15(11-16)21-13(3)23)19(24)22-17-10-14(20(25)26)9-8-12(17)2/h5-11,18H,4H2,1-3H3,(H,21,23)(H,22,24)(H,25,26). The normalized spacial score (nSPS) is 11.5. The summed E-state index contributed by atoms with van der Waals surface area (Å²) in [5.74, 6) is -1.39. The highest BCUT2D eigenvalue weighted by atomic mass is 32.2. The minimum Gasteiger partial charge on any atom is -0.478 e. The van der Waals surface area contributed by atoms with Gasteiger partial charge in [-0.2, -0.15) is 0 Å². The van der Waals surface area contributed by atoms with Gasteiger partial charge in [-0.15, -0.1) is 11.8 Å². The highest BCUT2D eigenvalue weighted by Gasteiger charge is 2.19. The molecule has 0 aliphatic carbocycles. The number of amides is 2. The molecule has 0 aliphatic rings. The van der Waals surface area contributed by atoms with Crippen LogP contribution >= 0.6 is 11.8 Å². The Morgan fingerprint density at radius 1 is 1.11 bits per heavy atom. The Kier molecular flexibility index (Phi) is 7.01. The maximum absolute atomic E-state index is 12.7. The summed E-state index contributed by atoms with van der Waals surface area (Å²) in [5, 5.41) is 14.3. The van der Waals surface area contributed by atoms with Gasteiger partial charge in [0.1, 0.15) is 0 Å². The van der Waals surface area contributed by atoms with Crippen LogP contribution < -0.4 is 10.6 Å². The minimum atomic E-state index is -1.04. The third-order valence-corrected chi connectivity index (χ3v) is 5.20. The fraction of sp³-hybridized carbons (Fsp3) is 0.250. The number of carbonyl (C=O) groups is 3. The molecule has 0 saturated heterocycles. The topological polar surface area (TPSA) is 95.5 Å². The van der Waals surface area contributed by atoms with Gasteiger partial charge in [0.2, 0.25) is 11.8 Å². The van der Waals surface area contributed by atoms with Crippen LogP contribution in [0.5, 0.6) is 0 Å². The summed E-state index contributed by atoms with van der Waals surface area (Å²) in [7, 11) is 0. The highest BCUT2D eigenvalue weighted by molar-refractivity contribution is 8.00. The first-order chi connectivity index (χ1) is 12.8. The van der Waals surface area contributed by atoms with Crippen LogP contribution in [0.15, 0.2) is 47.4 Å².